The number of rotatable bonds is 4. The first-order valence-corrected chi connectivity index (χ1v) is 5.70. The molecule has 1 N–H and O–H groups in total. The van der Waals surface area contributed by atoms with Crippen LogP contribution in [0.3, 0.4) is 0 Å². The van der Waals surface area contributed by atoms with Crippen molar-refractivity contribution in [2.45, 2.75) is 19.9 Å². The minimum atomic E-state index is 0.687. The topological polar surface area (TPSA) is 18.5 Å². The zero-order valence-corrected chi connectivity index (χ0v) is 10.1. The SMILES string of the molecule is CNCC1CN(CC(C)C)CCN1C. The maximum Gasteiger partial charge on any atom is 0.0345 e. The van der Waals surface area contributed by atoms with Gasteiger partial charge in [0.2, 0.25) is 0 Å². The number of hydrogen-bond donors (Lipinski definition) is 1. The van der Waals surface area contributed by atoms with Crippen LogP contribution < -0.4 is 5.32 Å². The Morgan fingerprint density at radius 2 is 2.07 bits per heavy atom. The number of nitrogens with zero attached hydrogens (tertiary/aromatic N) is 2. The van der Waals surface area contributed by atoms with Gasteiger partial charge in [-0.1, -0.05) is 13.8 Å². The van der Waals surface area contributed by atoms with E-state index in [9.17, 15) is 0 Å². The summed E-state index contributed by atoms with van der Waals surface area (Å²) in [6, 6.07) is 0.687. The molecule has 1 aliphatic rings. The number of nitrogens with one attached hydrogen (secondary N) is 1. The van der Waals surface area contributed by atoms with Gasteiger partial charge >= 0.3 is 0 Å². The second-order valence-corrected chi connectivity index (χ2v) is 4.85. The minimum Gasteiger partial charge on any atom is -0.318 e. The molecule has 0 aliphatic carbocycles. The molecule has 0 amide bonds. The van der Waals surface area contributed by atoms with E-state index in [0.717, 1.165) is 12.5 Å². The predicted molar refractivity (Wildman–Crippen MR) is 61.6 cm³/mol. The van der Waals surface area contributed by atoms with E-state index in [-0.39, 0.29) is 0 Å². The van der Waals surface area contributed by atoms with E-state index >= 15 is 0 Å². The molecule has 0 radical (unpaired) electrons. The third-order valence-electron chi connectivity index (χ3n) is 2.92. The van der Waals surface area contributed by atoms with E-state index in [1.165, 1.54) is 26.2 Å². The number of likely N-dealkylation sites (N-methyl/N-ethyl adjacent to an activating group) is 2. The van der Waals surface area contributed by atoms with Crippen LogP contribution in [-0.2, 0) is 0 Å². The molecule has 0 saturated carbocycles. The Morgan fingerprint density at radius 3 is 2.64 bits per heavy atom. The van der Waals surface area contributed by atoms with E-state index in [0.29, 0.717) is 6.04 Å². The van der Waals surface area contributed by atoms with Crippen molar-refractivity contribution in [2.75, 3.05) is 46.8 Å². The van der Waals surface area contributed by atoms with Crippen molar-refractivity contribution in [3.8, 4) is 0 Å². The lowest BCUT2D eigenvalue weighted by atomic mass is 10.1. The molecule has 1 fully saturated rings. The summed E-state index contributed by atoms with van der Waals surface area (Å²) in [6.45, 7) is 10.6. The van der Waals surface area contributed by atoms with Crippen LogP contribution in [0.25, 0.3) is 0 Å². The maximum atomic E-state index is 3.27. The molecule has 3 nitrogen and oxygen atoms in total. The van der Waals surface area contributed by atoms with Crippen LogP contribution in [0.2, 0.25) is 0 Å². The smallest absolute Gasteiger partial charge is 0.0345 e. The molecule has 0 spiro atoms. The number of hydrogen-bond acceptors (Lipinski definition) is 3. The van der Waals surface area contributed by atoms with E-state index in [2.05, 4.69) is 36.0 Å². The third kappa shape index (κ3) is 3.56. The summed E-state index contributed by atoms with van der Waals surface area (Å²) >= 11 is 0. The highest BCUT2D eigenvalue weighted by Gasteiger charge is 2.23. The van der Waals surface area contributed by atoms with Crippen molar-refractivity contribution in [1.82, 2.24) is 15.1 Å². The van der Waals surface area contributed by atoms with Gasteiger partial charge in [0, 0.05) is 38.8 Å². The highest BCUT2D eigenvalue weighted by molar-refractivity contribution is 4.81. The molecule has 3 heteroatoms. The van der Waals surface area contributed by atoms with Crippen LogP contribution >= 0.6 is 0 Å². The van der Waals surface area contributed by atoms with E-state index in [4.69, 9.17) is 0 Å². The molecule has 1 heterocycles. The highest BCUT2D eigenvalue weighted by Crippen LogP contribution is 2.09. The average molecular weight is 199 g/mol. The van der Waals surface area contributed by atoms with Gasteiger partial charge in [0.15, 0.2) is 0 Å². The summed E-state index contributed by atoms with van der Waals surface area (Å²) in [4.78, 5) is 5.06. The lowest BCUT2D eigenvalue weighted by molar-refractivity contribution is 0.0877. The Bertz CT molecular complexity index is 159. The molecule has 1 rings (SSSR count). The summed E-state index contributed by atoms with van der Waals surface area (Å²) in [6.07, 6.45) is 0. The second-order valence-electron chi connectivity index (χ2n) is 4.85. The fourth-order valence-corrected chi connectivity index (χ4v) is 2.15. The van der Waals surface area contributed by atoms with Crippen molar-refractivity contribution < 1.29 is 0 Å². The summed E-state index contributed by atoms with van der Waals surface area (Å²) in [7, 11) is 4.27. The third-order valence-corrected chi connectivity index (χ3v) is 2.92. The fraction of sp³-hybridized carbons (Fsp3) is 1.00. The monoisotopic (exact) mass is 199 g/mol. The molecule has 0 aromatic rings. The van der Waals surface area contributed by atoms with Crippen LogP contribution in [0.15, 0.2) is 0 Å². The summed E-state index contributed by atoms with van der Waals surface area (Å²) in [5.41, 5.74) is 0. The Labute approximate surface area is 88.5 Å². The molecular formula is C11H25N3. The Morgan fingerprint density at radius 1 is 1.36 bits per heavy atom. The molecule has 1 saturated heterocycles. The van der Waals surface area contributed by atoms with Gasteiger partial charge in [-0.25, -0.2) is 0 Å². The first kappa shape index (κ1) is 12.0. The van der Waals surface area contributed by atoms with Crippen molar-refractivity contribution >= 4 is 0 Å². The van der Waals surface area contributed by atoms with Gasteiger partial charge in [-0.3, -0.25) is 4.90 Å². The van der Waals surface area contributed by atoms with Crippen LogP contribution in [0, 0.1) is 5.92 Å². The molecule has 0 aromatic heterocycles. The molecular weight excluding hydrogens is 174 g/mol. The fourth-order valence-electron chi connectivity index (χ4n) is 2.15. The second kappa shape index (κ2) is 5.69. The highest BCUT2D eigenvalue weighted by atomic mass is 15.3. The quantitative estimate of drug-likeness (QED) is 0.710. The van der Waals surface area contributed by atoms with Crippen molar-refractivity contribution in [3.63, 3.8) is 0 Å². The van der Waals surface area contributed by atoms with Crippen molar-refractivity contribution in [2.24, 2.45) is 5.92 Å². The Balaban J connectivity index is 2.36. The van der Waals surface area contributed by atoms with Gasteiger partial charge in [-0.15, -0.1) is 0 Å². The lowest BCUT2D eigenvalue weighted by Crippen LogP contribution is -2.55. The van der Waals surface area contributed by atoms with Gasteiger partial charge in [-0.2, -0.15) is 0 Å². The largest absolute Gasteiger partial charge is 0.318 e. The maximum absolute atomic E-state index is 3.27. The van der Waals surface area contributed by atoms with Crippen LogP contribution in [0.5, 0.6) is 0 Å². The Kier molecular flexibility index (Phi) is 4.85. The van der Waals surface area contributed by atoms with Crippen LogP contribution in [0.4, 0.5) is 0 Å². The van der Waals surface area contributed by atoms with Crippen molar-refractivity contribution in [3.05, 3.63) is 0 Å². The molecule has 1 atom stereocenters. The van der Waals surface area contributed by atoms with Crippen LogP contribution in [-0.4, -0.2) is 62.7 Å². The van der Waals surface area contributed by atoms with E-state index < -0.39 is 0 Å². The van der Waals surface area contributed by atoms with Gasteiger partial charge in [0.1, 0.15) is 0 Å². The number of piperazine rings is 1. The molecule has 0 aromatic carbocycles. The molecule has 0 bridgehead atoms. The minimum absolute atomic E-state index is 0.687. The average Bonchev–Trinajstić information content (AvgIpc) is 2.10. The summed E-state index contributed by atoms with van der Waals surface area (Å²) < 4.78 is 0. The van der Waals surface area contributed by atoms with E-state index in [1.54, 1.807) is 0 Å². The van der Waals surface area contributed by atoms with Gasteiger partial charge in [0.05, 0.1) is 0 Å². The standard InChI is InChI=1S/C11H25N3/c1-10(2)8-14-6-5-13(4)11(9-14)7-12-3/h10-12H,5-9H2,1-4H3. The molecule has 1 unspecified atom stereocenters. The zero-order valence-electron chi connectivity index (χ0n) is 10.1. The zero-order chi connectivity index (χ0) is 10.6. The van der Waals surface area contributed by atoms with Gasteiger partial charge in [-0.05, 0) is 20.0 Å². The molecule has 14 heavy (non-hydrogen) atoms. The lowest BCUT2D eigenvalue weighted by Gasteiger charge is -2.40. The molecule has 1 aliphatic heterocycles. The van der Waals surface area contributed by atoms with Gasteiger partial charge in [0.25, 0.3) is 0 Å². The van der Waals surface area contributed by atoms with Gasteiger partial charge < -0.3 is 10.2 Å². The van der Waals surface area contributed by atoms with Crippen LogP contribution in [0.1, 0.15) is 13.8 Å². The molecule has 84 valence electrons. The van der Waals surface area contributed by atoms with Crippen molar-refractivity contribution in [1.29, 1.82) is 0 Å². The predicted octanol–water partition coefficient (Wildman–Crippen LogP) is 0.478. The summed E-state index contributed by atoms with van der Waals surface area (Å²) in [5.74, 6) is 0.786. The first-order chi connectivity index (χ1) is 6.63. The Hall–Kier alpha value is -0.120. The summed E-state index contributed by atoms with van der Waals surface area (Å²) in [5, 5.41) is 3.27. The van der Waals surface area contributed by atoms with E-state index in [1.807, 2.05) is 7.05 Å². The first-order valence-electron chi connectivity index (χ1n) is 5.70. The normalized spacial score (nSPS) is 25.9.